The van der Waals surface area contributed by atoms with Crippen molar-refractivity contribution >= 4 is 23.2 Å². The molecule has 0 nitrogen and oxygen atoms in total. The topological polar surface area (TPSA) is 0 Å². The van der Waals surface area contributed by atoms with Crippen LogP contribution in [0.25, 0.3) is 0 Å². The van der Waals surface area contributed by atoms with Crippen molar-refractivity contribution in [3.8, 4) is 0 Å². The zero-order chi connectivity index (χ0) is 17.1. The molecule has 2 heteroatoms. The van der Waals surface area contributed by atoms with Crippen molar-refractivity contribution in [3.05, 3.63) is 39.2 Å². The predicted molar refractivity (Wildman–Crippen MR) is 106 cm³/mol. The van der Waals surface area contributed by atoms with E-state index < -0.39 is 0 Å². The monoisotopic (exact) mass is 355 g/mol. The average molecular weight is 356 g/mol. The average Bonchev–Trinajstić information content (AvgIpc) is 2.52. The van der Waals surface area contributed by atoms with Crippen LogP contribution in [-0.2, 0) is 6.42 Å². The molecule has 1 rings (SSSR count). The predicted octanol–water partition coefficient (Wildman–Crippen LogP) is 8.42. The summed E-state index contributed by atoms with van der Waals surface area (Å²) in [6.07, 6.45) is 14.6. The second-order valence-electron chi connectivity index (χ2n) is 6.82. The van der Waals surface area contributed by atoms with Crippen molar-refractivity contribution in [1.82, 2.24) is 0 Å². The van der Waals surface area contributed by atoms with E-state index in [0.29, 0.717) is 5.02 Å². The molecule has 0 unspecified atom stereocenters. The molecule has 0 spiro atoms. The van der Waals surface area contributed by atoms with Gasteiger partial charge in [0.05, 0.1) is 10.0 Å². The summed E-state index contributed by atoms with van der Waals surface area (Å²) in [5.74, 6) is 1.31. The second-order valence-corrected chi connectivity index (χ2v) is 7.60. The maximum atomic E-state index is 6.42. The molecule has 0 aliphatic heterocycles. The zero-order valence-electron chi connectivity index (χ0n) is 15.2. The lowest BCUT2D eigenvalue weighted by molar-refractivity contribution is 0.556. The van der Waals surface area contributed by atoms with Crippen LogP contribution in [0.1, 0.15) is 96.1 Å². The summed E-state index contributed by atoms with van der Waals surface area (Å²) >= 11 is 12.6. The maximum Gasteiger partial charge on any atom is 0.0627 e. The number of unbranched alkanes of at least 4 members (excludes halogenated alkanes) is 9. The van der Waals surface area contributed by atoms with Gasteiger partial charge in [-0.3, -0.25) is 0 Å². The standard InChI is InChI=1S/C21H33Cl2/c1-4-5-6-7-8-9-10-11-12-13-14-19-18(17(2)3)15-16-20(22)21(19)23/h15-16H,4-14H2,1-3H3. The minimum Gasteiger partial charge on any atom is -0.0827 e. The van der Waals surface area contributed by atoms with Gasteiger partial charge in [0, 0.05) is 0 Å². The molecule has 0 saturated carbocycles. The van der Waals surface area contributed by atoms with Crippen molar-refractivity contribution in [2.24, 2.45) is 0 Å². The highest BCUT2D eigenvalue weighted by Gasteiger charge is 2.13. The third-order valence-electron chi connectivity index (χ3n) is 4.52. The van der Waals surface area contributed by atoms with E-state index in [2.05, 4.69) is 26.8 Å². The van der Waals surface area contributed by atoms with Gasteiger partial charge in [0.2, 0.25) is 0 Å². The molecule has 0 fully saturated rings. The molecule has 0 atom stereocenters. The van der Waals surface area contributed by atoms with Crippen LogP contribution in [0.3, 0.4) is 0 Å². The molecular formula is C21H33Cl2. The van der Waals surface area contributed by atoms with Crippen molar-refractivity contribution in [1.29, 1.82) is 0 Å². The highest BCUT2D eigenvalue weighted by Crippen LogP contribution is 2.33. The number of hydrogen-bond acceptors (Lipinski definition) is 0. The largest absolute Gasteiger partial charge is 0.0827 e. The van der Waals surface area contributed by atoms with E-state index in [1.54, 1.807) is 0 Å². The number of halogens is 2. The van der Waals surface area contributed by atoms with Crippen LogP contribution in [0.4, 0.5) is 0 Å². The smallest absolute Gasteiger partial charge is 0.0627 e. The summed E-state index contributed by atoms with van der Waals surface area (Å²) in [4.78, 5) is 0. The Kier molecular flexibility index (Phi) is 11.1. The molecule has 0 bridgehead atoms. The lowest BCUT2D eigenvalue weighted by Crippen LogP contribution is -1.99. The van der Waals surface area contributed by atoms with Crippen molar-refractivity contribution in [3.63, 3.8) is 0 Å². The Balaban J connectivity index is 2.25. The Hall–Kier alpha value is -0.200. The molecule has 0 amide bonds. The van der Waals surface area contributed by atoms with Crippen LogP contribution < -0.4 is 0 Å². The fraction of sp³-hybridized carbons (Fsp3) is 0.667. The molecule has 0 aromatic heterocycles. The maximum absolute atomic E-state index is 6.42. The first-order valence-electron chi connectivity index (χ1n) is 9.35. The van der Waals surface area contributed by atoms with E-state index in [-0.39, 0.29) is 0 Å². The van der Waals surface area contributed by atoms with E-state index in [9.17, 15) is 0 Å². The van der Waals surface area contributed by atoms with Crippen LogP contribution in [-0.4, -0.2) is 0 Å². The highest BCUT2D eigenvalue weighted by molar-refractivity contribution is 6.42. The lowest BCUT2D eigenvalue weighted by Gasteiger charge is -2.15. The molecule has 0 aliphatic rings. The molecule has 1 aromatic carbocycles. The van der Waals surface area contributed by atoms with Crippen LogP contribution in [0.5, 0.6) is 0 Å². The van der Waals surface area contributed by atoms with Gasteiger partial charge in [-0.1, -0.05) is 108 Å². The van der Waals surface area contributed by atoms with Crippen LogP contribution >= 0.6 is 23.2 Å². The molecule has 23 heavy (non-hydrogen) atoms. The SMILES string of the molecule is CCCCCCCCCCCCc1c([C](C)C)ccc(Cl)c1Cl. The molecule has 0 saturated heterocycles. The van der Waals surface area contributed by atoms with Crippen molar-refractivity contribution < 1.29 is 0 Å². The molecule has 0 aliphatic carbocycles. The Morgan fingerprint density at radius 1 is 0.783 bits per heavy atom. The van der Waals surface area contributed by atoms with Gasteiger partial charge in [-0.15, -0.1) is 0 Å². The number of rotatable bonds is 12. The quantitative estimate of drug-likeness (QED) is 0.330. The summed E-state index contributed by atoms with van der Waals surface area (Å²) in [6.45, 7) is 6.55. The van der Waals surface area contributed by atoms with Gasteiger partial charge >= 0.3 is 0 Å². The van der Waals surface area contributed by atoms with Gasteiger partial charge in [-0.2, -0.15) is 0 Å². The van der Waals surface area contributed by atoms with Crippen LogP contribution in [0.15, 0.2) is 12.1 Å². The summed E-state index contributed by atoms with van der Waals surface area (Å²) in [5.41, 5.74) is 2.51. The molecule has 0 N–H and O–H groups in total. The highest BCUT2D eigenvalue weighted by atomic mass is 35.5. The summed E-state index contributed by atoms with van der Waals surface area (Å²) in [6, 6.07) is 4.02. The molecule has 1 radical (unpaired) electrons. The Morgan fingerprint density at radius 2 is 1.30 bits per heavy atom. The first-order chi connectivity index (χ1) is 11.1. The third-order valence-corrected chi connectivity index (χ3v) is 5.36. The molecular weight excluding hydrogens is 323 g/mol. The van der Waals surface area contributed by atoms with E-state index in [0.717, 1.165) is 11.4 Å². The number of benzene rings is 1. The van der Waals surface area contributed by atoms with E-state index in [1.165, 1.54) is 81.3 Å². The summed E-state index contributed by atoms with van der Waals surface area (Å²) in [5, 5.41) is 1.43. The minimum atomic E-state index is 0.679. The summed E-state index contributed by atoms with van der Waals surface area (Å²) in [7, 11) is 0. The van der Waals surface area contributed by atoms with E-state index in [4.69, 9.17) is 23.2 Å². The number of hydrogen-bond donors (Lipinski definition) is 0. The van der Waals surface area contributed by atoms with Gasteiger partial charge in [0.25, 0.3) is 0 Å². The van der Waals surface area contributed by atoms with Gasteiger partial charge in [0.1, 0.15) is 0 Å². The normalized spacial score (nSPS) is 11.4. The van der Waals surface area contributed by atoms with Crippen molar-refractivity contribution in [2.45, 2.75) is 91.4 Å². The van der Waals surface area contributed by atoms with Gasteiger partial charge in [-0.25, -0.2) is 0 Å². The third kappa shape index (κ3) is 7.94. The first-order valence-corrected chi connectivity index (χ1v) is 10.1. The van der Waals surface area contributed by atoms with Gasteiger partial charge < -0.3 is 0 Å². The molecule has 131 valence electrons. The van der Waals surface area contributed by atoms with Crippen LogP contribution in [0, 0.1) is 5.92 Å². The van der Waals surface area contributed by atoms with Gasteiger partial charge in [0.15, 0.2) is 0 Å². The summed E-state index contributed by atoms with van der Waals surface area (Å²) < 4.78 is 0. The Morgan fingerprint density at radius 3 is 1.83 bits per heavy atom. The minimum absolute atomic E-state index is 0.679. The van der Waals surface area contributed by atoms with E-state index >= 15 is 0 Å². The fourth-order valence-electron chi connectivity index (χ4n) is 3.09. The molecule has 0 heterocycles. The van der Waals surface area contributed by atoms with Gasteiger partial charge in [-0.05, 0) is 36.0 Å². The zero-order valence-corrected chi connectivity index (χ0v) is 16.7. The molecule has 1 aromatic rings. The van der Waals surface area contributed by atoms with E-state index in [1.807, 2.05) is 6.07 Å². The Labute approximate surface area is 154 Å². The second kappa shape index (κ2) is 12.2. The lowest BCUT2D eigenvalue weighted by atomic mass is 9.93. The van der Waals surface area contributed by atoms with Crippen LogP contribution in [0.2, 0.25) is 10.0 Å². The van der Waals surface area contributed by atoms with Crippen molar-refractivity contribution in [2.75, 3.05) is 0 Å². The fourth-order valence-corrected chi connectivity index (χ4v) is 3.53. The first kappa shape index (κ1) is 20.8. The Bertz CT molecular complexity index is 438.